The number of ether oxygens (including phenoxy) is 4. The Balaban J connectivity index is 2.81. The van der Waals surface area contributed by atoms with Crippen molar-refractivity contribution >= 4 is 40.9 Å². The van der Waals surface area contributed by atoms with Crippen molar-refractivity contribution < 1.29 is 28.8 Å². The number of unbranched alkanes of at least 4 members (excludes halogenated alkanes) is 2. The van der Waals surface area contributed by atoms with Gasteiger partial charge in [0, 0.05) is 13.2 Å². The van der Waals surface area contributed by atoms with Crippen molar-refractivity contribution in [3.8, 4) is 0 Å². The summed E-state index contributed by atoms with van der Waals surface area (Å²) in [6.07, 6.45) is 0.0766. The minimum Gasteiger partial charge on any atom is -0.445 e. The van der Waals surface area contributed by atoms with E-state index in [1.54, 1.807) is 6.92 Å². The molecule has 0 spiro atoms. The Morgan fingerprint density at radius 3 is 2.19 bits per heavy atom. The van der Waals surface area contributed by atoms with Crippen molar-refractivity contribution in [2.24, 2.45) is 0 Å². The molecule has 160 valence electrons. The Kier molecular flexibility index (Phi) is 11.6. The van der Waals surface area contributed by atoms with E-state index >= 15 is 0 Å². The summed E-state index contributed by atoms with van der Waals surface area (Å²) in [5.74, 6) is 0. The number of nitrogens with one attached hydrogen (secondary N) is 1. The van der Waals surface area contributed by atoms with E-state index in [4.69, 9.17) is 53.8 Å². The molecule has 0 saturated carbocycles. The van der Waals surface area contributed by atoms with Gasteiger partial charge in [-0.2, -0.15) is 0 Å². The lowest BCUT2D eigenvalue weighted by Crippen LogP contribution is -2.64. The molecule has 2 N–H and O–H groups in total. The molecule has 0 aliphatic carbocycles. The van der Waals surface area contributed by atoms with E-state index in [2.05, 4.69) is 12.2 Å². The number of rotatable bonds is 10. The zero-order valence-electron chi connectivity index (χ0n) is 16.0. The Morgan fingerprint density at radius 2 is 1.67 bits per heavy atom. The maximum Gasteiger partial charge on any atom is 0.407 e. The van der Waals surface area contributed by atoms with E-state index in [0.717, 1.165) is 25.7 Å². The number of carbonyl (C=O) groups is 1. The quantitative estimate of drug-likeness (QED) is 0.391. The summed E-state index contributed by atoms with van der Waals surface area (Å²) in [5, 5.41) is 12.9. The van der Waals surface area contributed by atoms with Gasteiger partial charge in [0.05, 0.1) is 6.10 Å². The fraction of sp³-hybridized carbons (Fsp3) is 0.941. The molecule has 0 bridgehead atoms. The van der Waals surface area contributed by atoms with Crippen molar-refractivity contribution in [2.75, 3.05) is 19.8 Å². The first kappa shape index (κ1) is 25.0. The summed E-state index contributed by atoms with van der Waals surface area (Å²) in [4.78, 5) is 12.1. The zero-order valence-corrected chi connectivity index (χ0v) is 18.2. The molecule has 1 rings (SSSR count). The van der Waals surface area contributed by atoms with Crippen LogP contribution in [0.2, 0.25) is 0 Å². The third-order valence-electron chi connectivity index (χ3n) is 4.07. The molecular formula is C17H30Cl3NO6. The van der Waals surface area contributed by atoms with Crippen molar-refractivity contribution in [2.45, 2.75) is 80.9 Å². The predicted octanol–water partition coefficient (Wildman–Crippen LogP) is 3.56. The van der Waals surface area contributed by atoms with Crippen LogP contribution in [-0.2, 0) is 18.9 Å². The van der Waals surface area contributed by atoms with Gasteiger partial charge in [-0.3, -0.25) is 0 Å². The number of hydrogen-bond donors (Lipinski definition) is 2. The molecule has 2 unspecified atom stereocenters. The summed E-state index contributed by atoms with van der Waals surface area (Å²) in [5.41, 5.74) is 0. The fourth-order valence-corrected chi connectivity index (χ4v) is 2.81. The van der Waals surface area contributed by atoms with Gasteiger partial charge in [0.2, 0.25) is 3.79 Å². The first-order valence-electron chi connectivity index (χ1n) is 9.26. The van der Waals surface area contributed by atoms with Crippen LogP contribution in [0.15, 0.2) is 0 Å². The smallest absolute Gasteiger partial charge is 0.407 e. The van der Waals surface area contributed by atoms with E-state index in [9.17, 15) is 9.90 Å². The average molecular weight is 451 g/mol. The van der Waals surface area contributed by atoms with Gasteiger partial charge in [-0.1, -0.05) is 61.5 Å². The lowest BCUT2D eigenvalue weighted by molar-refractivity contribution is -0.260. The zero-order chi connectivity index (χ0) is 20.4. The predicted molar refractivity (Wildman–Crippen MR) is 104 cm³/mol. The molecule has 1 fully saturated rings. The number of alkyl halides is 3. The van der Waals surface area contributed by atoms with Crippen LogP contribution in [-0.4, -0.2) is 65.5 Å². The fourth-order valence-electron chi connectivity index (χ4n) is 2.65. The first-order valence-corrected chi connectivity index (χ1v) is 10.4. The summed E-state index contributed by atoms with van der Waals surface area (Å²) in [6.45, 7) is 6.48. The van der Waals surface area contributed by atoms with Crippen molar-refractivity contribution in [3.63, 3.8) is 0 Å². The second kappa shape index (κ2) is 12.5. The number of halogens is 3. The second-order valence-electron chi connectivity index (χ2n) is 6.47. The van der Waals surface area contributed by atoms with Crippen LogP contribution >= 0.6 is 34.8 Å². The van der Waals surface area contributed by atoms with E-state index in [1.807, 2.05) is 6.92 Å². The van der Waals surface area contributed by atoms with E-state index in [1.165, 1.54) is 0 Å². The van der Waals surface area contributed by atoms with Crippen LogP contribution in [0, 0.1) is 0 Å². The number of carbonyl (C=O) groups excluding carboxylic acids is 1. The molecular weight excluding hydrogens is 421 g/mol. The van der Waals surface area contributed by atoms with E-state index in [-0.39, 0.29) is 0 Å². The minimum atomic E-state index is -1.73. The molecule has 1 amide bonds. The third kappa shape index (κ3) is 9.35. The molecule has 0 aromatic carbocycles. The van der Waals surface area contributed by atoms with Crippen LogP contribution < -0.4 is 5.32 Å². The lowest BCUT2D eigenvalue weighted by atomic mass is 9.97. The van der Waals surface area contributed by atoms with Gasteiger partial charge in [0.15, 0.2) is 6.29 Å². The van der Waals surface area contributed by atoms with Crippen molar-refractivity contribution in [1.29, 1.82) is 0 Å². The highest BCUT2D eigenvalue weighted by Crippen LogP contribution is 2.27. The molecule has 0 aromatic heterocycles. The van der Waals surface area contributed by atoms with Crippen molar-refractivity contribution in [1.82, 2.24) is 5.32 Å². The number of alkyl carbamates (subject to hydrolysis) is 1. The van der Waals surface area contributed by atoms with Crippen LogP contribution in [0.4, 0.5) is 4.79 Å². The van der Waals surface area contributed by atoms with Gasteiger partial charge in [0.25, 0.3) is 0 Å². The normalized spacial score (nSPS) is 28.8. The maximum atomic E-state index is 12.1. The lowest BCUT2D eigenvalue weighted by Gasteiger charge is -2.43. The van der Waals surface area contributed by atoms with Crippen LogP contribution in [0.5, 0.6) is 0 Å². The molecule has 1 aliphatic rings. The van der Waals surface area contributed by atoms with Crippen molar-refractivity contribution in [3.05, 3.63) is 0 Å². The molecule has 7 nitrogen and oxygen atoms in total. The Morgan fingerprint density at radius 1 is 1.11 bits per heavy atom. The third-order valence-corrected chi connectivity index (χ3v) is 4.40. The van der Waals surface area contributed by atoms with E-state index in [0.29, 0.717) is 13.2 Å². The van der Waals surface area contributed by atoms with Crippen LogP contribution in [0.3, 0.4) is 0 Å². The summed E-state index contributed by atoms with van der Waals surface area (Å²) in [7, 11) is 0. The number of aliphatic hydroxyl groups is 1. The maximum absolute atomic E-state index is 12.1. The monoisotopic (exact) mass is 449 g/mol. The standard InChI is InChI=1S/C17H30Cl3NO6/c1-4-6-8-24-13-11(3)27-15(22)12(14(13)25-9-7-5-2)21-16(23)26-10-17(18,19)20/h11-15,22H,4-10H2,1-3H3,(H,21,23)/t11?,12?,13-,14-,15-/m1/s1. The molecule has 5 atom stereocenters. The van der Waals surface area contributed by atoms with Gasteiger partial charge in [-0.15, -0.1) is 0 Å². The molecule has 10 heteroatoms. The second-order valence-corrected chi connectivity index (χ2v) is 8.99. The van der Waals surface area contributed by atoms with Crippen LogP contribution in [0.1, 0.15) is 46.5 Å². The molecule has 1 saturated heterocycles. The highest BCUT2D eigenvalue weighted by molar-refractivity contribution is 6.67. The summed E-state index contributed by atoms with van der Waals surface area (Å²) in [6, 6.07) is -0.882. The molecule has 27 heavy (non-hydrogen) atoms. The summed E-state index contributed by atoms with van der Waals surface area (Å²) >= 11 is 16.7. The number of hydrogen-bond acceptors (Lipinski definition) is 6. The van der Waals surface area contributed by atoms with Crippen LogP contribution in [0.25, 0.3) is 0 Å². The Labute approximate surface area is 175 Å². The first-order chi connectivity index (χ1) is 12.7. The summed E-state index contributed by atoms with van der Waals surface area (Å²) < 4.78 is 20.6. The minimum absolute atomic E-state index is 0.404. The molecule has 0 radical (unpaired) electrons. The van der Waals surface area contributed by atoms with Gasteiger partial charge < -0.3 is 29.4 Å². The van der Waals surface area contributed by atoms with Gasteiger partial charge in [-0.05, 0) is 19.8 Å². The molecule has 1 heterocycles. The largest absolute Gasteiger partial charge is 0.445 e. The number of amides is 1. The highest BCUT2D eigenvalue weighted by Gasteiger charge is 2.46. The van der Waals surface area contributed by atoms with Gasteiger partial charge >= 0.3 is 6.09 Å². The van der Waals surface area contributed by atoms with Gasteiger partial charge in [-0.25, -0.2) is 4.79 Å². The Hall–Kier alpha value is -0.0200. The Bertz CT molecular complexity index is 437. The highest BCUT2D eigenvalue weighted by atomic mass is 35.6. The topological polar surface area (TPSA) is 86.2 Å². The van der Waals surface area contributed by atoms with Gasteiger partial charge in [0.1, 0.15) is 24.9 Å². The van der Waals surface area contributed by atoms with E-state index < -0.39 is 47.1 Å². The average Bonchev–Trinajstić information content (AvgIpc) is 2.58. The molecule has 1 aliphatic heterocycles. The molecule has 0 aromatic rings. The SMILES string of the molecule is CCCCO[C@@H]1C(C)O[C@@H](O)C(NC(=O)OCC(Cl)(Cl)Cl)[C@H]1OCCCC. The number of aliphatic hydroxyl groups excluding tert-OH is 1.